The lowest BCUT2D eigenvalue weighted by Crippen LogP contribution is -2.34. The number of carbonyl (C=O) groups is 1. The van der Waals surface area contributed by atoms with E-state index in [1.807, 2.05) is 13.8 Å². The third-order valence-electron chi connectivity index (χ3n) is 2.50. The fraction of sp³-hybridized carbons (Fsp3) is 0.417. The lowest BCUT2D eigenvalue weighted by atomic mass is 10.1. The molecule has 0 spiro atoms. The highest BCUT2D eigenvalue weighted by Crippen LogP contribution is 2.20. The maximum Gasteiger partial charge on any atom is 0.251 e. The summed E-state index contributed by atoms with van der Waals surface area (Å²) in [6, 6.07) is 4.97. The Hall–Kier alpha value is -1.07. The molecule has 0 saturated carbocycles. The average molecular weight is 301 g/mol. The SMILES string of the molecule is CC(C)C(O)CNC(=O)c1ccc(N)c(Br)c1. The Morgan fingerprint density at radius 1 is 1.53 bits per heavy atom. The van der Waals surface area contributed by atoms with E-state index in [1.54, 1.807) is 18.2 Å². The third-order valence-corrected chi connectivity index (χ3v) is 3.19. The van der Waals surface area contributed by atoms with Crippen molar-refractivity contribution in [2.75, 3.05) is 12.3 Å². The van der Waals surface area contributed by atoms with Gasteiger partial charge in [-0.05, 0) is 40.0 Å². The van der Waals surface area contributed by atoms with E-state index in [0.29, 0.717) is 15.7 Å². The van der Waals surface area contributed by atoms with Gasteiger partial charge in [0, 0.05) is 22.3 Å². The van der Waals surface area contributed by atoms with Crippen LogP contribution in [0.15, 0.2) is 22.7 Å². The molecule has 0 aliphatic heterocycles. The van der Waals surface area contributed by atoms with E-state index >= 15 is 0 Å². The molecule has 1 rings (SSSR count). The summed E-state index contributed by atoms with van der Waals surface area (Å²) >= 11 is 3.26. The molecular formula is C12H17BrN2O2. The van der Waals surface area contributed by atoms with Gasteiger partial charge < -0.3 is 16.2 Å². The molecule has 1 unspecified atom stereocenters. The van der Waals surface area contributed by atoms with Gasteiger partial charge in [0.25, 0.3) is 5.91 Å². The van der Waals surface area contributed by atoms with Crippen molar-refractivity contribution in [1.29, 1.82) is 0 Å². The number of hydrogen-bond donors (Lipinski definition) is 3. The van der Waals surface area contributed by atoms with Gasteiger partial charge in [-0.1, -0.05) is 13.8 Å². The summed E-state index contributed by atoms with van der Waals surface area (Å²) in [6.07, 6.45) is -0.531. The van der Waals surface area contributed by atoms with Gasteiger partial charge in [0.2, 0.25) is 0 Å². The molecule has 1 aromatic carbocycles. The molecular weight excluding hydrogens is 284 g/mol. The first-order valence-electron chi connectivity index (χ1n) is 5.43. The van der Waals surface area contributed by atoms with E-state index < -0.39 is 6.10 Å². The summed E-state index contributed by atoms with van der Waals surface area (Å²) < 4.78 is 0.689. The van der Waals surface area contributed by atoms with E-state index in [0.717, 1.165) is 0 Å². The fourth-order valence-electron chi connectivity index (χ4n) is 1.20. The number of nitrogen functional groups attached to an aromatic ring is 1. The van der Waals surface area contributed by atoms with Crippen LogP contribution < -0.4 is 11.1 Å². The van der Waals surface area contributed by atoms with Crippen LogP contribution in [-0.2, 0) is 0 Å². The number of hydrogen-bond acceptors (Lipinski definition) is 3. The van der Waals surface area contributed by atoms with Crippen molar-refractivity contribution in [3.63, 3.8) is 0 Å². The number of amides is 1. The summed E-state index contributed by atoms with van der Waals surface area (Å²) in [5.41, 5.74) is 6.73. The Morgan fingerprint density at radius 3 is 2.71 bits per heavy atom. The molecule has 1 amide bonds. The minimum absolute atomic E-state index is 0.119. The van der Waals surface area contributed by atoms with E-state index in [9.17, 15) is 9.90 Å². The van der Waals surface area contributed by atoms with Crippen LogP contribution in [0.5, 0.6) is 0 Å². The van der Waals surface area contributed by atoms with Gasteiger partial charge in [-0.3, -0.25) is 4.79 Å². The van der Waals surface area contributed by atoms with Crippen LogP contribution in [0.1, 0.15) is 24.2 Å². The number of nitrogens with one attached hydrogen (secondary N) is 1. The molecule has 1 aromatic rings. The number of halogens is 1. The number of aliphatic hydroxyl groups is 1. The molecule has 94 valence electrons. The van der Waals surface area contributed by atoms with Crippen molar-refractivity contribution < 1.29 is 9.90 Å². The molecule has 0 aliphatic rings. The van der Waals surface area contributed by atoms with Crippen LogP contribution in [0, 0.1) is 5.92 Å². The quantitative estimate of drug-likeness (QED) is 0.742. The molecule has 1 atom stereocenters. The maximum atomic E-state index is 11.8. The number of carbonyl (C=O) groups excluding carboxylic acids is 1. The normalized spacial score (nSPS) is 12.5. The van der Waals surface area contributed by atoms with Crippen LogP contribution >= 0.6 is 15.9 Å². The summed E-state index contributed by atoms with van der Waals surface area (Å²) in [5.74, 6) is -0.0983. The van der Waals surface area contributed by atoms with E-state index in [4.69, 9.17) is 5.73 Å². The van der Waals surface area contributed by atoms with Crippen LogP contribution in [0.3, 0.4) is 0 Å². The highest BCUT2D eigenvalue weighted by Gasteiger charge is 2.12. The van der Waals surface area contributed by atoms with E-state index in [1.165, 1.54) is 0 Å². The molecule has 0 heterocycles. The molecule has 5 heteroatoms. The Labute approximate surface area is 109 Å². The maximum absolute atomic E-state index is 11.8. The van der Waals surface area contributed by atoms with Gasteiger partial charge in [0.15, 0.2) is 0 Å². The second kappa shape index (κ2) is 6.02. The predicted molar refractivity (Wildman–Crippen MR) is 71.7 cm³/mol. The third kappa shape index (κ3) is 4.02. The van der Waals surface area contributed by atoms with E-state index in [-0.39, 0.29) is 18.4 Å². The minimum atomic E-state index is -0.531. The van der Waals surface area contributed by atoms with Crippen LogP contribution in [0.4, 0.5) is 5.69 Å². The number of anilines is 1. The zero-order valence-corrected chi connectivity index (χ0v) is 11.5. The largest absolute Gasteiger partial charge is 0.398 e. The molecule has 0 radical (unpaired) electrons. The highest BCUT2D eigenvalue weighted by molar-refractivity contribution is 9.10. The van der Waals surface area contributed by atoms with Crippen molar-refractivity contribution in [3.8, 4) is 0 Å². The molecule has 4 N–H and O–H groups in total. The van der Waals surface area contributed by atoms with Gasteiger partial charge in [-0.2, -0.15) is 0 Å². The fourth-order valence-corrected chi connectivity index (χ4v) is 1.58. The number of rotatable bonds is 4. The van der Waals surface area contributed by atoms with Crippen LogP contribution in [-0.4, -0.2) is 23.7 Å². The van der Waals surface area contributed by atoms with Gasteiger partial charge >= 0.3 is 0 Å². The van der Waals surface area contributed by atoms with Gasteiger partial charge in [0.05, 0.1) is 6.10 Å². The van der Waals surface area contributed by atoms with Crippen molar-refractivity contribution in [1.82, 2.24) is 5.32 Å². The molecule has 0 fully saturated rings. The summed E-state index contributed by atoms with van der Waals surface area (Å²) in [6.45, 7) is 4.05. The number of nitrogens with two attached hydrogens (primary N) is 1. The Kier molecular flexibility index (Phi) is 4.96. The first-order valence-corrected chi connectivity index (χ1v) is 6.22. The Morgan fingerprint density at radius 2 is 2.18 bits per heavy atom. The summed E-state index contributed by atoms with van der Waals surface area (Å²) in [7, 11) is 0. The predicted octanol–water partition coefficient (Wildman–Crippen LogP) is 1.78. The molecule has 0 saturated heterocycles. The molecule has 0 aromatic heterocycles. The van der Waals surface area contributed by atoms with Crippen molar-refractivity contribution in [2.45, 2.75) is 20.0 Å². The molecule has 4 nitrogen and oxygen atoms in total. The van der Waals surface area contributed by atoms with Crippen molar-refractivity contribution in [3.05, 3.63) is 28.2 Å². The lowest BCUT2D eigenvalue weighted by Gasteiger charge is -2.15. The van der Waals surface area contributed by atoms with Gasteiger partial charge in [-0.15, -0.1) is 0 Å². The number of benzene rings is 1. The minimum Gasteiger partial charge on any atom is -0.398 e. The molecule has 17 heavy (non-hydrogen) atoms. The highest BCUT2D eigenvalue weighted by atomic mass is 79.9. The summed E-state index contributed by atoms with van der Waals surface area (Å²) in [4.78, 5) is 11.8. The number of aliphatic hydroxyl groups excluding tert-OH is 1. The Balaban J connectivity index is 2.61. The standard InChI is InChI=1S/C12H17BrN2O2/c1-7(2)11(16)6-15-12(17)8-3-4-10(14)9(13)5-8/h3-5,7,11,16H,6,14H2,1-2H3,(H,15,17). The second-order valence-corrected chi connectivity index (χ2v) is 5.11. The van der Waals surface area contributed by atoms with Crippen molar-refractivity contribution >= 4 is 27.5 Å². The van der Waals surface area contributed by atoms with Crippen LogP contribution in [0.25, 0.3) is 0 Å². The van der Waals surface area contributed by atoms with E-state index in [2.05, 4.69) is 21.2 Å². The first kappa shape index (κ1) is 14.0. The second-order valence-electron chi connectivity index (χ2n) is 4.26. The average Bonchev–Trinajstić information content (AvgIpc) is 2.28. The lowest BCUT2D eigenvalue weighted by molar-refractivity contribution is 0.0871. The van der Waals surface area contributed by atoms with Gasteiger partial charge in [0.1, 0.15) is 0 Å². The van der Waals surface area contributed by atoms with Gasteiger partial charge in [-0.25, -0.2) is 0 Å². The molecule has 0 aliphatic carbocycles. The molecule has 0 bridgehead atoms. The first-order chi connectivity index (χ1) is 7.91. The topological polar surface area (TPSA) is 75.3 Å². The Bertz CT molecular complexity index is 407. The van der Waals surface area contributed by atoms with Crippen molar-refractivity contribution in [2.24, 2.45) is 5.92 Å². The monoisotopic (exact) mass is 300 g/mol. The summed E-state index contributed by atoms with van der Waals surface area (Å²) in [5, 5.41) is 12.3. The van der Waals surface area contributed by atoms with Crippen LogP contribution in [0.2, 0.25) is 0 Å². The zero-order valence-electron chi connectivity index (χ0n) is 9.90. The zero-order chi connectivity index (χ0) is 13.0. The smallest absolute Gasteiger partial charge is 0.251 e.